The largest absolute Gasteiger partial charge is 0.481 e. The van der Waals surface area contributed by atoms with E-state index in [-0.39, 0.29) is 24.9 Å². The van der Waals surface area contributed by atoms with E-state index >= 15 is 0 Å². The number of carboxylic acids is 1. The average Bonchev–Trinajstić information content (AvgIpc) is 2.84. The lowest BCUT2D eigenvalue weighted by Gasteiger charge is -2.40. The molecular weight excluding hydrogens is 292 g/mol. The van der Waals surface area contributed by atoms with Gasteiger partial charge in [-0.25, -0.2) is 0 Å². The van der Waals surface area contributed by atoms with Crippen molar-refractivity contribution in [3.05, 3.63) is 0 Å². The lowest BCUT2D eigenvalue weighted by atomic mass is 9.76. The SMILES string of the molecule is CCCC1(C(=O)O)CCCN(C(=O)CN2CSCC2=O)C1. The van der Waals surface area contributed by atoms with Crippen molar-refractivity contribution in [3.63, 3.8) is 0 Å². The van der Waals surface area contributed by atoms with Gasteiger partial charge in [0.25, 0.3) is 0 Å². The second-order valence-corrected chi connectivity index (χ2v) is 6.78. The third-order valence-electron chi connectivity index (χ3n) is 4.26. The summed E-state index contributed by atoms with van der Waals surface area (Å²) in [5.41, 5.74) is -0.813. The van der Waals surface area contributed by atoms with Crippen LogP contribution in [0.5, 0.6) is 0 Å². The van der Waals surface area contributed by atoms with Crippen molar-refractivity contribution < 1.29 is 19.5 Å². The highest BCUT2D eigenvalue weighted by molar-refractivity contribution is 8.00. The molecule has 2 aliphatic rings. The van der Waals surface area contributed by atoms with Crippen molar-refractivity contribution in [2.24, 2.45) is 5.41 Å². The van der Waals surface area contributed by atoms with Crippen molar-refractivity contribution in [2.75, 3.05) is 31.3 Å². The molecule has 0 aliphatic carbocycles. The molecule has 2 rings (SSSR count). The summed E-state index contributed by atoms with van der Waals surface area (Å²) < 4.78 is 0. The summed E-state index contributed by atoms with van der Waals surface area (Å²) in [6, 6.07) is 0. The first kappa shape index (κ1) is 16.1. The number of hydrogen-bond donors (Lipinski definition) is 1. The van der Waals surface area contributed by atoms with Crippen LogP contribution in [-0.2, 0) is 14.4 Å². The zero-order valence-electron chi connectivity index (χ0n) is 12.3. The number of likely N-dealkylation sites (tertiary alicyclic amines) is 1. The van der Waals surface area contributed by atoms with Gasteiger partial charge in [0.2, 0.25) is 11.8 Å². The number of piperidine rings is 1. The fraction of sp³-hybridized carbons (Fsp3) is 0.786. The number of hydrogen-bond acceptors (Lipinski definition) is 4. The van der Waals surface area contributed by atoms with Gasteiger partial charge in [-0.2, -0.15) is 0 Å². The van der Waals surface area contributed by atoms with Crippen LogP contribution in [0, 0.1) is 5.41 Å². The van der Waals surface area contributed by atoms with E-state index in [9.17, 15) is 19.5 Å². The van der Waals surface area contributed by atoms with Gasteiger partial charge in [0.05, 0.1) is 17.0 Å². The molecule has 2 aliphatic heterocycles. The zero-order chi connectivity index (χ0) is 15.5. The molecule has 0 aromatic rings. The molecule has 0 bridgehead atoms. The molecule has 1 atom stereocenters. The second-order valence-electron chi connectivity index (χ2n) is 5.82. The predicted molar refractivity (Wildman–Crippen MR) is 79.8 cm³/mol. The third-order valence-corrected chi connectivity index (χ3v) is 5.21. The number of carboxylic acid groups (broad SMARTS) is 1. The minimum absolute atomic E-state index is 0.0107. The molecule has 0 aromatic heterocycles. The van der Waals surface area contributed by atoms with Crippen LogP contribution in [0.3, 0.4) is 0 Å². The minimum atomic E-state index is -0.813. The van der Waals surface area contributed by atoms with E-state index in [1.807, 2.05) is 6.92 Å². The Balaban J connectivity index is 2.00. The summed E-state index contributed by atoms with van der Waals surface area (Å²) in [5, 5.41) is 9.54. The van der Waals surface area contributed by atoms with E-state index in [1.165, 1.54) is 11.8 Å². The van der Waals surface area contributed by atoms with Crippen molar-refractivity contribution in [1.82, 2.24) is 9.80 Å². The van der Waals surface area contributed by atoms with Gasteiger partial charge < -0.3 is 14.9 Å². The Morgan fingerprint density at radius 1 is 1.43 bits per heavy atom. The fourth-order valence-corrected chi connectivity index (χ4v) is 4.02. The Labute approximate surface area is 128 Å². The molecule has 2 heterocycles. The number of nitrogens with zero attached hydrogens (tertiary/aromatic N) is 2. The third kappa shape index (κ3) is 3.51. The van der Waals surface area contributed by atoms with Crippen LogP contribution in [0.4, 0.5) is 0 Å². The molecule has 0 aromatic carbocycles. The van der Waals surface area contributed by atoms with Crippen LogP contribution < -0.4 is 0 Å². The summed E-state index contributed by atoms with van der Waals surface area (Å²) in [6.45, 7) is 2.90. The summed E-state index contributed by atoms with van der Waals surface area (Å²) in [4.78, 5) is 38.7. The molecule has 118 valence electrons. The molecule has 7 heteroatoms. The zero-order valence-corrected chi connectivity index (χ0v) is 13.2. The van der Waals surface area contributed by atoms with Crippen LogP contribution in [0.1, 0.15) is 32.6 Å². The number of rotatable bonds is 5. The minimum Gasteiger partial charge on any atom is -0.481 e. The Hall–Kier alpha value is -1.24. The quantitative estimate of drug-likeness (QED) is 0.819. The molecule has 2 fully saturated rings. The molecule has 0 saturated carbocycles. The summed E-state index contributed by atoms with van der Waals surface area (Å²) in [6.07, 6.45) is 2.71. The molecule has 2 saturated heterocycles. The Kier molecular flexibility index (Phi) is 5.13. The van der Waals surface area contributed by atoms with Gasteiger partial charge in [-0.15, -0.1) is 11.8 Å². The lowest BCUT2D eigenvalue weighted by molar-refractivity contribution is -0.156. The van der Waals surface area contributed by atoms with Gasteiger partial charge >= 0.3 is 5.97 Å². The van der Waals surface area contributed by atoms with Crippen LogP contribution in [0.2, 0.25) is 0 Å². The van der Waals surface area contributed by atoms with Crippen molar-refractivity contribution in [2.45, 2.75) is 32.6 Å². The van der Waals surface area contributed by atoms with E-state index in [2.05, 4.69) is 0 Å². The first-order chi connectivity index (χ1) is 9.98. The maximum atomic E-state index is 12.3. The average molecular weight is 314 g/mol. The summed E-state index contributed by atoms with van der Waals surface area (Å²) in [7, 11) is 0. The number of amides is 2. The van der Waals surface area contributed by atoms with E-state index in [0.29, 0.717) is 37.4 Å². The summed E-state index contributed by atoms with van der Waals surface area (Å²) >= 11 is 1.50. The maximum Gasteiger partial charge on any atom is 0.311 e. The molecule has 21 heavy (non-hydrogen) atoms. The molecule has 0 spiro atoms. The highest BCUT2D eigenvalue weighted by Crippen LogP contribution is 2.35. The van der Waals surface area contributed by atoms with Gasteiger partial charge in [0.15, 0.2) is 0 Å². The monoisotopic (exact) mass is 314 g/mol. The number of aliphatic carboxylic acids is 1. The van der Waals surface area contributed by atoms with Gasteiger partial charge in [-0.05, 0) is 19.3 Å². The van der Waals surface area contributed by atoms with Crippen molar-refractivity contribution in [1.29, 1.82) is 0 Å². The maximum absolute atomic E-state index is 12.3. The highest BCUT2D eigenvalue weighted by atomic mass is 32.2. The molecule has 1 unspecified atom stereocenters. The molecule has 1 N–H and O–H groups in total. The van der Waals surface area contributed by atoms with Crippen molar-refractivity contribution in [3.8, 4) is 0 Å². The van der Waals surface area contributed by atoms with Crippen LogP contribution in [0.15, 0.2) is 0 Å². The normalized spacial score (nSPS) is 26.2. The van der Waals surface area contributed by atoms with E-state index in [1.54, 1.807) is 9.80 Å². The van der Waals surface area contributed by atoms with Gasteiger partial charge in [0.1, 0.15) is 6.54 Å². The molecule has 0 radical (unpaired) electrons. The fourth-order valence-electron chi connectivity index (χ4n) is 3.11. The van der Waals surface area contributed by atoms with Gasteiger partial charge in [-0.1, -0.05) is 13.3 Å². The summed E-state index contributed by atoms with van der Waals surface area (Å²) in [5.74, 6) is 0.0324. The number of carbonyl (C=O) groups is 3. The van der Waals surface area contributed by atoms with Crippen LogP contribution >= 0.6 is 11.8 Å². The van der Waals surface area contributed by atoms with Crippen LogP contribution in [-0.4, -0.2) is 64.0 Å². The molecule has 2 amide bonds. The van der Waals surface area contributed by atoms with Gasteiger partial charge in [0, 0.05) is 13.1 Å². The standard InChI is InChI=1S/C14H22N2O4S/c1-2-4-14(13(19)20)5-3-6-15(9-14)11(17)7-16-10-21-8-12(16)18/h2-10H2,1H3,(H,19,20). The van der Waals surface area contributed by atoms with E-state index < -0.39 is 11.4 Å². The predicted octanol–water partition coefficient (Wildman–Crippen LogP) is 1.01. The van der Waals surface area contributed by atoms with E-state index in [0.717, 1.165) is 6.42 Å². The Bertz CT molecular complexity index is 439. The van der Waals surface area contributed by atoms with Crippen molar-refractivity contribution >= 4 is 29.5 Å². The Morgan fingerprint density at radius 3 is 2.76 bits per heavy atom. The van der Waals surface area contributed by atoms with Gasteiger partial charge in [-0.3, -0.25) is 14.4 Å². The molecule has 6 nitrogen and oxygen atoms in total. The first-order valence-electron chi connectivity index (χ1n) is 7.35. The lowest BCUT2D eigenvalue weighted by Crippen LogP contribution is -2.52. The first-order valence-corrected chi connectivity index (χ1v) is 8.51. The smallest absolute Gasteiger partial charge is 0.311 e. The van der Waals surface area contributed by atoms with E-state index in [4.69, 9.17) is 0 Å². The highest BCUT2D eigenvalue weighted by Gasteiger charge is 2.43. The Morgan fingerprint density at radius 2 is 2.19 bits per heavy atom. The van der Waals surface area contributed by atoms with Crippen LogP contribution in [0.25, 0.3) is 0 Å². The molecular formula is C14H22N2O4S. The number of carbonyl (C=O) groups excluding carboxylic acids is 2. The number of thioether (sulfide) groups is 1. The topological polar surface area (TPSA) is 77.9 Å². The second kappa shape index (κ2) is 6.68.